The van der Waals surface area contributed by atoms with E-state index >= 15 is 0 Å². The Kier molecular flexibility index (Phi) is 8.39. The molecule has 9 nitrogen and oxygen atoms in total. The summed E-state index contributed by atoms with van der Waals surface area (Å²) in [6.45, 7) is 7.90. The number of fused-ring (bicyclic) bond motifs is 3. The molecule has 0 bridgehead atoms. The maximum Gasteiger partial charge on any atom is 0.455 e. The molecule has 2 fully saturated rings. The van der Waals surface area contributed by atoms with Gasteiger partial charge in [-0.2, -0.15) is 0 Å². The number of imide groups is 1. The molecule has 2 aliphatic heterocycles. The van der Waals surface area contributed by atoms with Crippen molar-refractivity contribution >= 4 is 36.4 Å². The van der Waals surface area contributed by atoms with E-state index in [0.717, 1.165) is 45.6 Å². The van der Waals surface area contributed by atoms with Crippen LogP contribution in [-0.2, 0) is 14.2 Å². The maximum absolute atomic E-state index is 13.9. The van der Waals surface area contributed by atoms with E-state index in [-0.39, 0.29) is 41.5 Å². The van der Waals surface area contributed by atoms with Crippen LogP contribution in [0.4, 0.5) is 11.4 Å². The Morgan fingerprint density at radius 2 is 1.86 bits per heavy atom. The molecular formula is C32H37BN2O7. The number of benzene rings is 2. The fourth-order valence-corrected chi connectivity index (χ4v) is 7.08. The quantitative estimate of drug-likeness (QED) is 0.132. The lowest BCUT2D eigenvalue weighted by Crippen LogP contribution is -2.46. The molecule has 42 heavy (non-hydrogen) atoms. The summed E-state index contributed by atoms with van der Waals surface area (Å²) in [5.41, 5.74) is 6.00. The molecule has 5 rings (SSSR count). The standard InChI is InChI=1S/C32H37BN2O7/c1-5-20(14-21-12-18(3)30(36)19(4)13-21)10-11-27-28-22(6-2)15-25-29(26(28)17-33(39)42-27)32(38)34(31(25)37)23-8-7-9-24(16-23)35(40)41/h7-9,12-14,16,25-27,29,36,39H,5-6,10-11,15,17H2,1-4H3/b20-14+/t25-,26+,27-,29-/m1/s1. The van der Waals surface area contributed by atoms with E-state index in [1.54, 1.807) is 6.07 Å². The zero-order chi connectivity index (χ0) is 30.3. The van der Waals surface area contributed by atoms with Gasteiger partial charge in [0.25, 0.3) is 5.69 Å². The molecule has 2 heterocycles. The van der Waals surface area contributed by atoms with Crippen LogP contribution in [0.3, 0.4) is 0 Å². The second-order valence-electron chi connectivity index (χ2n) is 11.7. The molecule has 220 valence electrons. The van der Waals surface area contributed by atoms with Crippen LogP contribution in [0, 0.1) is 41.7 Å². The number of carbonyl (C=O) groups excluding carboxylic acids is 2. The molecule has 2 amide bonds. The van der Waals surface area contributed by atoms with Crippen LogP contribution in [0.25, 0.3) is 6.08 Å². The van der Waals surface area contributed by atoms with Crippen molar-refractivity contribution in [3.63, 3.8) is 0 Å². The van der Waals surface area contributed by atoms with E-state index in [9.17, 15) is 29.8 Å². The number of carbonyl (C=O) groups is 2. The number of non-ortho nitro benzene ring substituents is 1. The van der Waals surface area contributed by atoms with Crippen LogP contribution in [-0.4, -0.2) is 40.1 Å². The number of nitro groups is 1. The number of nitrogens with zero attached hydrogens (tertiary/aromatic N) is 2. The normalized spacial score (nSPS) is 24.3. The molecule has 2 N–H and O–H groups in total. The van der Waals surface area contributed by atoms with E-state index in [4.69, 9.17) is 4.65 Å². The molecule has 0 aromatic heterocycles. The summed E-state index contributed by atoms with van der Waals surface area (Å²) in [6.07, 6.45) is 5.28. The summed E-state index contributed by atoms with van der Waals surface area (Å²) in [4.78, 5) is 39.4. The highest BCUT2D eigenvalue weighted by molar-refractivity contribution is 6.43. The summed E-state index contributed by atoms with van der Waals surface area (Å²) in [6, 6.07) is 9.54. The maximum atomic E-state index is 13.9. The van der Waals surface area contributed by atoms with Gasteiger partial charge in [0, 0.05) is 12.1 Å². The molecule has 3 aliphatic rings. The second-order valence-corrected chi connectivity index (χ2v) is 11.7. The van der Waals surface area contributed by atoms with Gasteiger partial charge < -0.3 is 14.8 Å². The summed E-state index contributed by atoms with van der Waals surface area (Å²) < 4.78 is 6.10. The van der Waals surface area contributed by atoms with Crippen LogP contribution in [0.2, 0.25) is 6.32 Å². The zero-order valence-electron chi connectivity index (χ0n) is 24.5. The topological polar surface area (TPSA) is 130 Å². The van der Waals surface area contributed by atoms with E-state index < -0.39 is 23.9 Å². The van der Waals surface area contributed by atoms with Crippen LogP contribution in [0.1, 0.15) is 62.6 Å². The lowest BCUT2D eigenvalue weighted by atomic mass is 9.58. The van der Waals surface area contributed by atoms with Gasteiger partial charge in [0.15, 0.2) is 0 Å². The second kappa shape index (κ2) is 11.9. The predicted octanol–water partition coefficient (Wildman–Crippen LogP) is 5.90. The summed E-state index contributed by atoms with van der Waals surface area (Å²) in [5.74, 6) is -1.97. The number of anilines is 1. The number of phenols is 1. The number of nitro benzene ring substituents is 1. The molecular weight excluding hydrogens is 535 g/mol. The van der Waals surface area contributed by atoms with Crippen molar-refractivity contribution < 1.29 is 29.3 Å². The molecule has 2 aromatic rings. The van der Waals surface area contributed by atoms with Crippen molar-refractivity contribution in [2.24, 2.45) is 17.8 Å². The Balaban J connectivity index is 1.42. The molecule has 4 atom stereocenters. The Labute approximate surface area is 246 Å². The number of allylic oxidation sites excluding steroid dienone is 2. The molecule has 2 aromatic carbocycles. The molecule has 0 unspecified atom stereocenters. The van der Waals surface area contributed by atoms with Gasteiger partial charge in [0.1, 0.15) is 5.75 Å². The Morgan fingerprint density at radius 1 is 1.14 bits per heavy atom. The third kappa shape index (κ3) is 5.41. The SMILES string of the molecule is CCC1=C2[C@@H](CC/C(=C/c3cc(C)c(O)c(C)c3)CC)OB(O)C[C@@H]2[C@@H]2C(=O)N(c3cccc([N+](=O)[O-])c3)C(=O)[C@@H]2C1. The molecule has 0 radical (unpaired) electrons. The number of rotatable bonds is 8. The van der Waals surface area contributed by atoms with Crippen molar-refractivity contribution in [2.75, 3.05) is 4.90 Å². The van der Waals surface area contributed by atoms with Gasteiger partial charge in [-0.3, -0.25) is 19.7 Å². The van der Waals surface area contributed by atoms with E-state index in [2.05, 4.69) is 13.0 Å². The van der Waals surface area contributed by atoms with Crippen LogP contribution in [0.5, 0.6) is 5.75 Å². The molecule has 0 spiro atoms. The predicted molar refractivity (Wildman–Crippen MR) is 161 cm³/mol. The Bertz CT molecular complexity index is 1480. The highest BCUT2D eigenvalue weighted by atomic mass is 16.6. The Hall–Kier alpha value is -3.76. The van der Waals surface area contributed by atoms with E-state index in [0.29, 0.717) is 25.0 Å². The number of aryl methyl sites for hydroxylation is 2. The van der Waals surface area contributed by atoms with E-state index in [1.807, 2.05) is 32.9 Å². The summed E-state index contributed by atoms with van der Waals surface area (Å²) in [7, 11) is -1.06. The lowest BCUT2D eigenvalue weighted by Gasteiger charge is -2.43. The molecule has 10 heteroatoms. The Morgan fingerprint density at radius 3 is 2.50 bits per heavy atom. The van der Waals surface area contributed by atoms with Gasteiger partial charge in [0.2, 0.25) is 11.8 Å². The first-order chi connectivity index (χ1) is 20.0. The highest BCUT2D eigenvalue weighted by Gasteiger charge is 2.57. The zero-order valence-corrected chi connectivity index (χ0v) is 24.5. The van der Waals surface area contributed by atoms with Gasteiger partial charge >= 0.3 is 7.12 Å². The van der Waals surface area contributed by atoms with Crippen molar-refractivity contribution in [1.29, 1.82) is 0 Å². The van der Waals surface area contributed by atoms with Crippen molar-refractivity contribution in [2.45, 2.75) is 72.2 Å². The number of hydrogen-bond acceptors (Lipinski definition) is 7. The number of phenolic OH excluding ortho intramolecular Hbond substituents is 1. The monoisotopic (exact) mass is 572 g/mol. The highest BCUT2D eigenvalue weighted by Crippen LogP contribution is 2.52. The minimum atomic E-state index is -1.06. The van der Waals surface area contributed by atoms with Crippen LogP contribution < -0.4 is 4.90 Å². The summed E-state index contributed by atoms with van der Waals surface area (Å²) in [5, 5.41) is 32.3. The van der Waals surface area contributed by atoms with Crippen LogP contribution >= 0.6 is 0 Å². The van der Waals surface area contributed by atoms with Crippen molar-refractivity contribution in [3.05, 3.63) is 79.9 Å². The first-order valence-corrected chi connectivity index (χ1v) is 14.7. The van der Waals surface area contributed by atoms with Gasteiger partial charge in [0.05, 0.1) is 28.6 Å². The van der Waals surface area contributed by atoms with Crippen LogP contribution in [0.15, 0.2) is 53.1 Å². The van der Waals surface area contributed by atoms with Crippen molar-refractivity contribution in [3.8, 4) is 5.75 Å². The first-order valence-electron chi connectivity index (χ1n) is 14.7. The summed E-state index contributed by atoms with van der Waals surface area (Å²) >= 11 is 0. The van der Waals surface area contributed by atoms with Gasteiger partial charge in [-0.05, 0) is 98.7 Å². The van der Waals surface area contributed by atoms with E-state index in [1.165, 1.54) is 23.8 Å². The third-order valence-corrected chi connectivity index (χ3v) is 9.10. The van der Waals surface area contributed by atoms with Crippen molar-refractivity contribution in [1.82, 2.24) is 0 Å². The van der Waals surface area contributed by atoms with Gasteiger partial charge in [-0.1, -0.05) is 37.1 Å². The first kappa shape index (κ1) is 29.7. The lowest BCUT2D eigenvalue weighted by molar-refractivity contribution is -0.384. The van der Waals surface area contributed by atoms with Gasteiger partial charge in [-0.25, -0.2) is 4.90 Å². The number of aromatic hydroxyl groups is 1. The number of hydrogen-bond donors (Lipinski definition) is 2. The minimum absolute atomic E-state index is 0.185. The van der Waals surface area contributed by atoms with Gasteiger partial charge in [-0.15, -0.1) is 0 Å². The molecule has 1 aliphatic carbocycles. The third-order valence-electron chi connectivity index (χ3n) is 9.10. The fourth-order valence-electron chi connectivity index (χ4n) is 7.08. The average molecular weight is 572 g/mol. The molecule has 2 saturated heterocycles. The molecule has 0 saturated carbocycles. The average Bonchev–Trinajstić information content (AvgIpc) is 3.22. The largest absolute Gasteiger partial charge is 0.507 e. The number of amides is 2. The minimum Gasteiger partial charge on any atom is -0.507 e. The smallest absolute Gasteiger partial charge is 0.455 e. The fraction of sp³-hybridized carbons (Fsp3) is 0.438.